The van der Waals surface area contributed by atoms with E-state index in [0.29, 0.717) is 6.54 Å². The summed E-state index contributed by atoms with van der Waals surface area (Å²) < 4.78 is 5.38. The minimum atomic E-state index is -0.00585. The average molecular weight is 269 g/mol. The van der Waals surface area contributed by atoms with Gasteiger partial charge in [0.05, 0.1) is 19.3 Å². The molecular formula is C14H27N3O2. The summed E-state index contributed by atoms with van der Waals surface area (Å²) >= 11 is 0. The number of hydrogen-bond donors (Lipinski definition) is 2. The number of carbonyl (C=O) groups excluding carboxylic acids is 1. The number of rotatable bonds is 4. The third kappa shape index (κ3) is 4.16. The first-order chi connectivity index (χ1) is 9.09. The molecule has 0 bridgehead atoms. The summed E-state index contributed by atoms with van der Waals surface area (Å²) in [5, 5.41) is 6.40. The first kappa shape index (κ1) is 14.8. The Balaban J connectivity index is 1.77. The highest BCUT2D eigenvalue weighted by Gasteiger charge is 2.29. The second-order valence-electron chi connectivity index (χ2n) is 6.13. The molecule has 19 heavy (non-hydrogen) atoms. The van der Waals surface area contributed by atoms with E-state index >= 15 is 0 Å². The van der Waals surface area contributed by atoms with E-state index in [1.54, 1.807) is 0 Å². The predicted octanol–water partition coefficient (Wildman–Crippen LogP) is 0.356. The summed E-state index contributed by atoms with van der Waals surface area (Å²) in [6.07, 6.45) is 3.30. The van der Waals surface area contributed by atoms with Crippen molar-refractivity contribution in [1.82, 2.24) is 15.5 Å². The van der Waals surface area contributed by atoms with E-state index < -0.39 is 0 Å². The van der Waals surface area contributed by atoms with Crippen molar-refractivity contribution < 1.29 is 9.53 Å². The normalized spacial score (nSPS) is 26.1. The maximum absolute atomic E-state index is 12.1. The maximum Gasteiger partial charge on any atom is 0.237 e. The molecule has 2 fully saturated rings. The third-order valence-corrected chi connectivity index (χ3v) is 4.19. The van der Waals surface area contributed by atoms with Crippen LogP contribution in [0.4, 0.5) is 0 Å². The summed E-state index contributed by atoms with van der Waals surface area (Å²) in [5.74, 6) is 0.154. The molecule has 5 heteroatoms. The number of amides is 1. The fraction of sp³-hybridized carbons (Fsp3) is 0.929. The van der Waals surface area contributed by atoms with Gasteiger partial charge in [-0.05, 0) is 33.2 Å². The number of piperidine rings is 1. The molecule has 0 spiro atoms. The van der Waals surface area contributed by atoms with Gasteiger partial charge in [0.25, 0.3) is 0 Å². The number of hydrogen-bond acceptors (Lipinski definition) is 4. The molecule has 1 atom stereocenters. The van der Waals surface area contributed by atoms with Gasteiger partial charge in [-0.1, -0.05) is 6.42 Å². The van der Waals surface area contributed by atoms with Crippen molar-refractivity contribution in [1.29, 1.82) is 0 Å². The van der Waals surface area contributed by atoms with Crippen LogP contribution in [-0.4, -0.2) is 61.8 Å². The summed E-state index contributed by atoms with van der Waals surface area (Å²) in [4.78, 5) is 14.5. The molecule has 110 valence electrons. The van der Waals surface area contributed by atoms with Crippen LogP contribution in [-0.2, 0) is 9.53 Å². The van der Waals surface area contributed by atoms with Crippen LogP contribution in [0.5, 0.6) is 0 Å². The summed E-state index contributed by atoms with van der Waals surface area (Å²) in [6, 6.07) is 0.00855. The van der Waals surface area contributed by atoms with Crippen molar-refractivity contribution in [3.63, 3.8) is 0 Å². The minimum Gasteiger partial charge on any atom is -0.379 e. The SMILES string of the molecule is CC(C)(CNC(=O)[C@H]1CCCCN1)N1CCOCC1. The molecule has 2 aliphatic rings. The lowest BCUT2D eigenvalue weighted by Gasteiger charge is -2.41. The average Bonchev–Trinajstić information content (AvgIpc) is 2.47. The molecule has 0 aromatic carbocycles. The van der Waals surface area contributed by atoms with Crippen molar-refractivity contribution in [3.05, 3.63) is 0 Å². The Morgan fingerprint density at radius 3 is 2.74 bits per heavy atom. The number of ether oxygens (including phenoxy) is 1. The molecule has 2 rings (SSSR count). The molecule has 2 aliphatic heterocycles. The van der Waals surface area contributed by atoms with Gasteiger partial charge in [-0.2, -0.15) is 0 Å². The van der Waals surface area contributed by atoms with Gasteiger partial charge in [0, 0.05) is 25.2 Å². The molecule has 0 radical (unpaired) electrons. The Morgan fingerprint density at radius 1 is 1.37 bits per heavy atom. The largest absolute Gasteiger partial charge is 0.379 e. The van der Waals surface area contributed by atoms with Crippen molar-refractivity contribution in [2.75, 3.05) is 39.4 Å². The van der Waals surface area contributed by atoms with Crippen LogP contribution in [0.15, 0.2) is 0 Å². The van der Waals surface area contributed by atoms with Crippen LogP contribution in [0.3, 0.4) is 0 Å². The fourth-order valence-corrected chi connectivity index (χ4v) is 2.78. The van der Waals surface area contributed by atoms with Gasteiger partial charge < -0.3 is 15.4 Å². The van der Waals surface area contributed by atoms with Crippen LogP contribution in [0.25, 0.3) is 0 Å². The minimum absolute atomic E-state index is 0.00585. The standard InChI is InChI=1S/C14H27N3O2/c1-14(2,17-7-9-19-10-8-17)11-16-13(18)12-5-3-4-6-15-12/h12,15H,3-11H2,1-2H3,(H,16,18)/t12-/m1/s1. The third-order valence-electron chi connectivity index (χ3n) is 4.19. The van der Waals surface area contributed by atoms with E-state index in [-0.39, 0.29) is 17.5 Å². The van der Waals surface area contributed by atoms with Crippen LogP contribution in [0, 0.1) is 0 Å². The van der Waals surface area contributed by atoms with Gasteiger partial charge in [0.1, 0.15) is 0 Å². The highest BCUT2D eigenvalue weighted by atomic mass is 16.5. The van der Waals surface area contributed by atoms with Crippen LogP contribution < -0.4 is 10.6 Å². The molecule has 1 amide bonds. The first-order valence-corrected chi connectivity index (χ1v) is 7.43. The Kier molecular flexibility index (Phi) is 5.19. The summed E-state index contributed by atoms with van der Waals surface area (Å²) in [7, 11) is 0. The molecule has 0 aromatic rings. The lowest BCUT2D eigenvalue weighted by atomic mass is 10.0. The number of nitrogens with zero attached hydrogens (tertiary/aromatic N) is 1. The second kappa shape index (κ2) is 6.68. The van der Waals surface area contributed by atoms with E-state index in [4.69, 9.17) is 4.74 Å². The quantitative estimate of drug-likeness (QED) is 0.773. The van der Waals surface area contributed by atoms with Crippen molar-refractivity contribution >= 4 is 5.91 Å². The van der Waals surface area contributed by atoms with E-state index in [1.165, 1.54) is 6.42 Å². The zero-order valence-electron chi connectivity index (χ0n) is 12.2. The first-order valence-electron chi connectivity index (χ1n) is 7.43. The molecule has 0 aromatic heterocycles. The molecule has 2 N–H and O–H groups in total. The van der Waals surface area contributed by atoms with E-state index in [0.717, 1.165) is 45.7 Å². The van der Waals surface area contributed by atoms with Crippen LogP contribution in [0.1, 0.15) is 33.1 Å². The van der Waals surface area contributed by atoms with Gasteiger partial charge in [0.2, 0.25) is 5.91 Å². The lowest BCUT2D eigenvalue weighted by molar-refractivity contribution is -0.124. The Hall–Kier alpha value is -0.650. The smallest absolute Gasteiger partial charge is 0.237 e. The fourth-order valence-electron chi connectivity index (χ4n) is 2.78. The zero-order chi connectivity index (χ0) is 13.7. The molecule has 0 aliphatic carbocycles. The Morgan fingerprint density at radius 2 is 2.11 bits per heavy atom. The van der Waals surface area contributed by atoms with Crippen LogP contribution in [0.2, 0.25) is 0 Å². The molecule has 2 saturated heterocycles. The van der Waals surface area contributed by atoms with Crippen molar-refractivity contribution in [2.45, 2.75) is 44.7 Å². The monoisotopic (exact) mass is 269 g/mol. The number of carbonyl (C=O) groups is 1. The second-order valence-corrected chi connectivity index (χ2v) is 6.13. The molecule has 5 nitrogen and oxygen atoms in total. The van der Waals surface area contributed by atoms with E-state index in [9.17, 15) is 4.79 Å². The van der Waals surface area contributed by atoms with Gasteiger partial charge in [-0.15, -0.1) is 0 Å². The topological polar surface area (TPSA) is 53.6 Å². The molecular weight excluding hydrogens is 242 g/mol. The van der Waals surface area contributed by atoms with Crippen molar-refractivity contribution in [3.8, 4) is 0 Å². The van der Waals surface area contributed by atoms with Gasteiger partial charge >= 0.3 is 0 Å². The van der Waals surface area contributed by atoms with E-state index in [2.05, 4.69) is 29.4 Å². The predicted molar refractivity (Wildman–Crippen MR) is 75.1 cm³/mol. The Bertz CT molecular complexity index is 295. The zero-order valence-corrected chi connectivity index (χ0v) is 12.2. The van der Waals surface area contributed by atoms with Crippen molar-refractivity contribution in [2.24, 2.45) is 0 Å². The highest BCUT2D eigenvalue weighted by molar-refractivity contribution is 5.81. The van der Waals surface area contributed by atoms with E-state index in [1.807, 2.05) is 0 Å². The Labute approximate surface area is 116 Å². The summed E-state index contributed by atoms with van der Waals surface area (Å²) in [5.41, 5.74) is -0.00585. The van der Waals surface area contributed by atoms with Gasteiger partial charge in [-0.3, -0.25) is 9.69 Å². The summed E-state index contributed by atoms with van der Waals surface area (Å²) in [6.45, 7) is 9.52. The lowest BCUT2D eigenvalue weighted by Crippen LogP contribution is -2.57. The maximum atomic E-state index is 12.1. The molecule has 0 unspecified atom stereocenters. The van der Waals surface area contributed by atoms with Crippen LogP contribution >= 0.6 is 0 Å². The number of nitrogens with one attached hydrogen (secondary N) is 2. The number of morpholine rings is 1. The molecule has 0 saturated carbocycles. The van der Waals surface area contributed by atoms with Gasteiger partial charge in [-0.25, -0.2) is 0 Å². The highest BCUT2D eigenvalue weighted by Crippen LogP contribution is 2.15. The molecule has 2 heterocycles. The van der Waals surface area contributed by atoms with Gasteiger partial charge in [0.15, 0.2) is 0 Å².